The Balaban J connectivity index is 1.90. The van der Waals surface area contributed by atoms with Gasteiger partial charge in [-0.15, -0.1) is 0 Å². The Labute approximate surface area is 125 Å². The van der Waals surface area contributed by atoms with Crippen molar-refractivity contribution in [3.8, 4) is 0 Å². The minimum Gasteiger partial charge on any atom is -0.462 e. The Morgan fingerprint density at radius 3 is 2.95 bits per heavy atom. The highest BCUT2D eigenvalue weighted by Gasteiger charge is 2.20. The average molecular weight is 294 g/mol. The van der Waals surface area contributed by atoms with Crippen LogP contribution in [0.25, 0.3) is 0 Å². The van der Waals surface area contributed by atoms with E-state index < -0.39 is 11.8 Å². The van der Waals surface area contributed by atoms with Crippen LogP contribution in [0.3, 0.4) is 0 Å². The second kappa shape index (κ2) is 6.89. The largest absolute Gasteiger partial charge is 0.462 e. The number of nitrogens with zero attached hydrogens (tertiary/aromatic N) is 1. The molecule has 0 bridgehead atoms. The standard InChI is InChI=1S/C16H23FN2O2/c1-11-9-12(18)10-14(15(11)17)16(20)21-8-6-13-5-3-4-7-19(13)2/h9-10,13H,3-8,18H2,1-2H3. The Morgan fingerprint density at radius 2 is 2.24 bits per heavy atom. The zero-order valence-electron chi connectivity index (χ0n) is 12.7. The van der Waals surface area contributed by atoms with Crippen LogP contribution in [0.4, 0.5) is 10.1 Å². The van der Waals surface area contributed by atoms with Crippen LogP contribution in [0.1, 0.15) is 41.6 Å². The van der Waals surface area contributed by atoms with Crippen LogP contribution < -0.4 is 5.73 Å². The lowest BCUT2D eigenvalue weighted by molar-refractivity contribution is 0.0445. The highest BCUT2D eigenvalue weighted by atomic mass is 19.1. The van der Waals surface area contributed by atoms with Crippen molar-refractivity contribution < 1.29 is 13.9 Å². The van der Waals surface area contributed by atoms with Gasteiger partial charge >= 0.3 is 5.97 Å². The van der Waals surface area contributed by atoms with Crippen molar-refractivity contribution in [1.82, 2.24) is 4.90 Å². The smallest absolute Gasteiger partial charge is 0.341 e. The van der Waals surface area contributed by atoms with Crippen LogP contribution in [-0.4, -0.2) is 37.1 Å². The van der Waals surface area contributed by atoms with Crippen molar-refractivity contribution in [2.75, 3.05) is 25.9 Å². The molecule has 1 saturated heterocycles. The molecular formula is C16H23FN2O2. The molecular weight excluding hydrogens is 271 g/mol. The maximum Gasteiger partial charge on any atom is 0.341 e. The molecule has 0 spiro atoms. The van der Waals surface area contributed by atoms with Gasteiger partial charge in [-0.25, -0.2) is 9.18 Å². The fraction of sp³-hybridized carbons (Fsp3) is 0.562. The second-order valence-electron chi connectivity index (χ2n) is 5.75. The first kappa shape index (κ1) is 15.8. The van der Waals surface area contributed by atoms with E-state index in [9.17, 15) is 9.18 Å². The van der Waals surface area contributed by atoms with E-state index in [1.54, 1.807) is 6.92 Å². The van der Waals surface area contributed by atoms with Gasteiger partial charge in [0.2, 0.25) is 0 Å². The van der Waals surface area contributed by atoms with E-state index in [1.165, 1.54) is 25.0 Å². The molecule has 1 aliphatic heterocycles. The Bertz CT molecular complexity index is 519. The van der Waals surface area contributed by atoms with Crippen LogP contribution in [0.15, 0.2) is 12.1 Å². The number of halogens is 1. The first-order valence-electron chi connectivity index (χ1n) is 7.42. The molecule has 1 unspecified atom stereocenters. The normalized spacial score (nSPS) is 19.5. The molecule has 1 fully saturated rings. The Morgan fingerprint density at radius 1 is 1.48 bits per heavy atom. The van der Waals surface area contributed by atoms with Crippen LogP contribution in [0.2, 0.25) is 0 Å². The monoisotopic (exact) mass is 294 g/mol. The number of nitrogens with two attached hydrogens (primary N) is 1. The maximum absolute atomic E-state index is 13.9. The highest BCUT2D eigenvalue weighted by Crippen LogP contribution is 2.20. The molecule has 2 N–H and O–H groups in total. The van der Waals surface area contributed by atoms with E-state index in [0.717, 1.165) is 19.4 Å². The van der Waals surface area contributed by atoms with Gasteiger partial charge in [-0.05, 0) is 57.5 Å². The fourth-order valence-electron chi connectivity index (χ4n) is 2.82. The summed E-state index contributed by atoms with van der Waals surface area (Å²) in [5.41, 5.74) is 6.29. The number of benzene rings is 1. The molecule has 0 aliphatic carbocycles. The minimum atomic E-state index is -0.638. The van der Waals surface area contributed by atoms with Crippen LogP contribution in [-0.2, 0) is 4.74 Å². The van der Waals surface area contributed by atoms with Gasteiger partial charge in [0.25, 0.3) is 0 Å². The van der Waals surface area contributed by atoms with Crippen molar-refractivity contribution in [2.45, 2.75) is 38.6 Å². The zero-order valence-corrected chi connectivity index (χ0v) is 12.7. The number of anilines is 1. The van der Waals surface area contributed by atoms with Crippen molar-refractivity contribution in [3.05, 3.63) is 29.1 Å². The number of carbonyl (C=O) groups excluding carboxylic acids is 1. The highest BCUT2D eigenvalue weighted by molar-refractivity contribution is 5.91. The molecule has 1 heterocycles. The van der Waals surface area contributed by atoms with Gasteiger partial charge < -0.3 is 15.4 Å². The molecule has 0 aromatic heterocycles. The second-order valence-corrected chi connectivity index (χ2v) is 5.75. The molecule has 21 heavy (non-hydrogen) atoms. The third-order valence-corrected chi connectivity index (χ3v) is 4.10. The topological polar surface area (TPSA) is 55.6 Å². The first-order chi connectivity index (χ1) is 9.99. The number of likely N-dealkylation sites (tertiary alicyclic amines) is 1. The van der Waals surface area contributed by atoms with Gasteiger partial charge in [-0.2, -0.15) is 0 Å². The number of aryl methyl sites for hydroxylation is 1. The van der Waals surface area contributed by atoms with Crippen molar-refractivity contribution in [2.24, 2.45) is 0 Å². The predicted molar refractivity (Wildman–Crippen MR) is 80.7 cm³/mol. The Kier molecular flexibility index (Phi) is 5.17. The third kappa shape index (κ3) is 3.94. The number of hydrogen-bond donors (Lipinski definition) is 1. The molecule has 2 rings (SSSR count). The summed E-state index contributed by atoms with van der Waals surface area (Å²) < 4.78 is 19.1. The fourth-order valence-corrected chi connectivity index (χ4v) is 2.82. The summed E-state index contributed by atoms with van der Waals surface area (Å²) in [6, 6.07) is 3.28. The van der Waals surface area contributed by atoms with Gasteiger partial charge in [0, 0.05) is 11.7 Å². The molecule has 1 aromatic rings. The summed E-state index contributed by atoms with van der Waals surface area (Å²) in [4.78, 5) is 14.3. The van der Waals surface area contributed by atoms with Gasteiger partial charge in [-0.1, -0.05) is 6.42 Å². The predicted octanol–water partition coefficient (Wildman–Crippen LogP) is 2.75. The molecule has 4 nitrogen and oxygen atoms in total. The number of ether oxygens (including phenoxy) is 1. The molecule has 0 saturated carbocycles. The van der Waals surface area contributed by atoms with Crippen molar-refractivity contribution >= 4 is 11.7 Å². The number of nitrogen functional groups attached to an aromatic ring is 1. The average Bonchev–Trinajstić information content (AvgIpc) is 2.44. The number of hydrogen-bond acceptors (Lipinski definition) is 4. The molecule has 0 radical (unpaired) electrons. The summed E-state index contributed by atoms with van der Waals surface area (Å²) in [6.07, 6.45) is 4.34. The summed E-state index contributed by atoms with van der Waals surface area (Å²) in [6.45, 7) is 2.97. The van der Waals surface area contributed by atoms with E-state index in [0.29, 0.717) is 23.9 Å². The zero-order chi connectivity index (χ0) is 15.4. The minimum absolute atomic E-state index is 0.0792. The number of esters is 1. The number of carbonyl (C=O) groups is 1. The number of rotatable bonds is 4. The van der Waals surface area contributed by atoms with E-state index in [1.807, 2.05) is 0 Å². The lowest BCUT2D eigenvalue weighted by atomic mass is 10.0. The van der Waals surface area contributed by atoms with Gasteiger partial charge in [0.1, 0.15) is 5.82 Å². The molecule has 5 heteroatoms. The first-order valence-corrected chi connectivity index (χ1v) is 7.42. The van der Waals surface area contributed by atoms with Crippen LogP contribution in [0, 0.1) is 12.7 Å². The quantitative estimate of drug-likeness (QED) is 0.685. The molecule has 1 aliphatic rings. The SMILES string of the molecule is Cc1cc(N)cc(C(=O)OCCC2CCCCN2C)c1F. The van der Waals surface area contributed by atoms with Gasteiger partial charge in [-0.3, -0.25) is 0 Å². The lowest BCUT2D eigenvalue weighted by Gasteiger charge is -2.32. The third-order valence-electron chi connectivity index (χ3n) is 4.10. The van der Waals surface area contributed by atoms with Crippen molar-refractivity contribution in [3.63, 3.8) is 0 Å². The molecule has 0 amide bonds. The molecule has 116 valence electrons. The lowest BCUT2D eigenvalue weighted by Crippen LogP contribution is -2.37. The van der Waals surface area contributed by atoms with Gasteiger partial charge in [0.15, 0.2) is 0 Å². The van der Waals surface area contributed by atoms with E-state index in [4.69, 9.17) is 10.5 Å². The maximum atomic E-state index is 13.9. The number of piperidine rings is 1. The van der Waals surface area contributed by atoms with Gasteiger partial charge in [0.05, 0.1) is 12.2 Å². The summed E-state index contributed by atoms with van der Waals surface area (Å²) >= 11 is 0. The molecule has 1 atom stereocenters. The Hall–Kier alpha value is -1.62. The van der Waals surface area contributed by atoms with Crippen molar-refractivity contribution in [1.29, 1.82) is 0 Å². The van der Waals surface area contributed by atoms with E-state index in [-0.39, 0.29) is 5.56 Å². The van der Waals surface area contributed by atoms with Crippen LogP contribution >= 0.6 is 0 Å². The summed E-state index contributed by atoms with van der Waals surface area (Å²) in [5.74, 6) is -1.19. The molecule has 1 aromatic carbocycles. The van der Waals surface area contributed by atoms with E-state index >= 15 is 0 Å². The summed E-state index contributed by atoms with van der Waals surface area (Å²) in [5, 5.41) is 0. The summed E-state index contributed by atoms with van der Waals surface area (Å²) in [7, 11) is 2.09. The van der Waals surface area contributed by atoms with Crippen LogP contribution in [0.5, 0.6) is 0 Å². The van der Waals surface area contributed by atoms with E-state index in [2.05, 4.69) is 11.9 Å².